The quantitative estimate of drug-likeness (QED) is 0.596. The molecule has 1 aromatic carbocycles. The van der Waals surface area contributed by atoms with Crippen LogP contribution in [-0.4, -0.2) is 25.7 Å². The van der Waals surface area contributed by atoms with Crippen molar-refractivity contribution in [1.29, 1.82) is 0 Å². The number of halogens is 4. The average molecular weight is 252 g/mol. The Balaban J connectivity index is 2.79. The molecule has 0 heterocycles. The first-order chi connectivity index (χ1) is 7.92. The van der Waals surface area contributed by atoms with E-state index in [0.717, 1.165) is 18.2 Å². The molecule has 0 aliphatic heterocycles. The first kappa shape index (κ1) is 13.3. The number of hydrogen-bond donors (Lipinski definition) is 0. The van der Waals surface area contributed by atoms with Crippen LogP contribution in [0.4, 0.5) is 17.6 Å². The van der Waals surface area contributed by atoms with Crippen LogP contribution in [0, 0.1) is 5.82 Å². The number of alkyl halides is 3. The van der Waals surface area contributed by atoms with Crippen molar-refractivity contribution in [3.8, 4) is 11.5 Å². The van der Waals surface area contributed by atoms with Gasteiger partial charge in [0.2, 0.25) is 0 Å². The number of benzene rings is 1. The van der Waals surface area contributed by atoms with Crippen LogP contribution in [-0.2, 0) is 4.79 Å². The maximum Gasteiger partial charge on any atom is 0.422 e. The summed E-state index contributed by atoms with van der Waals surface area (Å²) >= 11 is 0. The topological polar surface area (TPSA) is 35.5 Å². The molecule has 0 saturated heterocycles. The van der Waals surface area contributed by atoms with Gasteiger partial charge in [-0.05, 0) is 12.1 Å². The molecule has 0 N–H and O–H groups in total. The highest BCUT2D eigenvalue weighted by molar-refractivity contribution is 5.52. The van der Waals surface area contributed by atoms with Crippen LogP contribution < -0.4 is 9.47 Å². The zero-order valence-electron chi connectivity index (χ0n) is 8.46. The molecule has 0 aromatic heterocycles. The predicted octanol–water partition coefficient (Wildman–Crippen LogP) is 2.34. The van der Waals surface area contributed by atoms with E-state index in [2.05, 4.69) is 4.74 Å². The van der Waals surface area contributed by atoms with Gasteiger partial charge < -0.3 is 9.47 Å². The minimum absolute atomic E-state index is 0.122. The van der Waals surface area contributed by atoms with E-state index in [9.17, 15) is 22.4 Å². The Kier molecular flexibility index (Phi) is 4.30. The van der Waals surface area contributed by atoms with Crippen molar-refractivity contribution in [3.63, 3.8) is 0 Å². The minimum atomic E-state index is -4.53. The molecule has 0 aliphatic carbocycles. The van der Waals surface area contributed by atoms with Gasteiger partial charge in [0, 0.05) is 6.07 Å². The van der Waals surface area contributed by atoms with Crippen molar-refractivity contribution >= 4 is 6.29 Å². The second kappa shape index (κ2) is 5.51. The van der Waals surface area contributed by atoms with Crippen LogP contribution in [0.1, 0.15) is 0 Å². The molecule has 0 aliphatic rings. The molecular formula is C10H8F4O3. The summed E-state index contributed by atoms with van der Waals surface area (Å²) in [4.78, 5) is 10.1. The molecule has 1 rings (SSSR count). The zero-order chi connectivity index (χ0) is 12.9. The van der Waals surface area contributed by atoms with Gasteiger partial charge in [-0.1, -0.05) is 0 Å². The molecular weight excluding hydrogens is 244 g/mol. The molecule has 3 nitrogen and oxygen atoms in total. The van der Waals surface area contributed by atoms with Gasteiger partial charge in [0.05, 0.1) is 0 Å². The molecule has 94 valence electrons. The van der Waals surface area contributed by atoms with E-state index in [1.165, 1.54) is 0 Å². The van der Waals surface area contributed by atoms with E-state index in [1.54, 1.807) is 0 Å². The fourth-order valence-corrected chi connectivity index (χ4v) is 0.997. The van der Waals surface area contributed by atoms with Crippen LogP contribution in [0.2, 0.25) is 0 Å². The summed E-state index contributed by atoms with van der Waals surface area (Å²) in [6.07, 6.45) is -4.12. The van der Waals surface area contributed by atoms with Gasteiger partial charge in [-0.3, -0.25) is 4.79 Å². The van der Waals surface area contributed by atoms with Gasteiger partial charge >= 0.3 is 6.18 Å². The summed E-state index contributed by atoms with van der Waals surface area (Å²) in [6, 6.07) is 2.83. The number of carbonyl (C=O) groups excluding carboxylic acids is 1. The zero-order valence-corrected chi connectivity index (χ0v) is 8.46. The number of carbonyl (C=O) groups is 1. The lowest BCUT2D eigenvalue weighted by atomic mass is 10.3. The first-order valence-corrected chi connectivity index (χ1v) is 4.48. The van der Waals surface area contributed by atoms with Crippen LogP contribution in [0.15, 0.2) is 18.2 Å². The van der Waals surface area contributed by atoms with Gasteiger partial charge in [0.1, 0.15) is 12.4 Å². The molecule has 0 fully saturated rings. The van der Waals surface area contributed by atoms with Gasteiger partial charge in [0.25, 0.3) is 0 Å². The van der Waals surface area contributed by atoms with Gasteiger partial charge in [0.15, 0.2) is 24.4 Å². The van der Waals surface area contributed by atoms with Crippen molar-refractivity contribution in [3.05, 3.63) is 24.0 Å². The molecule has 0 radical (unpaired) electrons. The first-order valence-electron chi connectivity index (χ1n) is 4.48. The highest BCUT2D eigenvalue weighted by Crippen LogP contribution is 2.29. The minimum Gasteiger partial charge on any atom is -0.482 e. The third-order valence-electron chi connectivity index (χ3n) is 1.60. The molecule has 0 saturated carbocycles. The van der Waals surface area contributed by atoms with Gasteiger partial charge in [-0.15, -0.1) is 0 Å². The number of hydrogen-bond acceptors (Lipinski definition) is 3. The monoisotopic (exact) mass is 252 g/mol. The Morgan fingerprint density at radius 1 is 1.18 bits per heavy atom. The van der Waals surface area contributed by atoms with Crippen molar-refractivity contribution < 1.29 is 31.8 Å². The molecule has 17 heavy (non-hydrogen) atoms. The average Bonchev–Trinajstić information content (AvgIpc) is 2.24. The van der Waals surface area contributed by atoms with E-state index in [0.29, 0.717) is 6.29 Å². The summed E-state index contributed by atoms with van der Waals surface area (Å²) in [7, 11) is 0. The third kappa shape index (κ3) is 4.71. The highest BCUT2D eigenvalue weighted by atomic mass is 19.4. The van der Waals surface area contributed by atoms with Gasteiger partial charge in [-0.25, -0.2) is 4.39 Å². The summed E-state index contributed by atoms with van der Waals surface area (Å²) in [6.45, 7) is -1.91. The Hall–Kier alpha value is -1.79. The molecule has 7 heteroatoms. The maximum atomic E-state index is 12.8. The van der Waals surface area contributed by atoms with Crippen molar-refractivity contribution in [1.82, 2.24) is 0 Å². The predicted molar refractivity (Wildman–Crippen MR) is 49.5 cm³/mol. The van der Waals surface area contributed by atoms with Crippen LogP contribution in [0.3, 0.4) is 0 Å². The van der Waals surface area contributed by atoms with Crippen LogP contribution in [0.25, 0.3) is 0 Å². The summed E-state index contributed by atoms with van der Waals surface area (Å²) in [5, 5.41) is 0. The maximum absolute atomic E-state index is 12.8. The lowest BCUT2D eigenvalue weighted by Gasteiger charge is -2.12. The van der Waals surface area contributed by atoms with Crippen molar-refractivity contribution in [2.24, 2.45) is 0 Å². The Labute approximate surface area is 93.9 Å². The van der Waals surface area contributed by atoms with E-state index >= 15 is 0 Å². The molecule has 0 atom stereocenters. The molecule has 0 unspecified atom stereocenters. The number of rotatable bonds is 5. The van der Waals surface area contributed by atoms with Crippen LogP contribution in [0.5, 0.6) is 11.5 Å². The van der Waals surface area contributed by atoms with E-state index in [4.69, 9.17) is 4.74 Å². The van der Waals surface area contributed by atoms with E-state index in [-0.39, 0.29) is 12.4 Å². The largest absolute Gasteiger partial charge is 0.482 e. The summed E-state index contributed by atoms with van der Waals surface area (Å²) in [5.41, 5.74) is 0. The van der Waals surface area contributed by atoms with E-state index in [1.807, 2.05) is 0 Å². The fourth-order valence-electron chi connectivity index (χ4n) is 0.997. The number of aldehydes is 1. The second-order valence-corrected chi connectivity index (χ2v) is 2.97. The number of ether oxygens (including phenoxy) is 2. The standard InChI is InChI=1S/C10H8F4O3/c11-7-1-2-8(16-4-3-15)9(5-7)17-6-10(12,13)14/h1-3,5H,4,6H2. The highest BCUT2D eigenvalue weighted by Gasteiger charge is 2.29. The smallest absolute Gasteiger partial charge is 0.422 e. The summed E-state index contributed by atoms with van der Waals surface area (Å²) < 4.78 is 57.7. The Morgan fingerprint density at radius 2 is 1.88 bits per heavy atom. The molecule has 1 aromatic rings. The third-order valence-corrected chi connectivity index (χ3v) is 1.60. The molecule has 0 bridgehead atoms. The van der Waals surface area contributed by atoms with E-state index < -0.39 is 24.3 Å². The SMILES string of the molecule is O=CCOc1ccc(F)cc1OCC(F)(F)F. The second-order valence-electron chi connectivity index (χ2n) is 2.97. The molecule has 0 amide bonds. The Morgan fingerprint density at radius 3 is 2.47 bits per heavy atom. The van der Waals surface area contributed by atoms with Crippen molar-refractivity contribution in [2.75, 3.05) is 13.2 Å². The summed E-state index contributed by atoms with van der Waals surface area (Å²) in [5.74, 6) is -1.28. The van der Waals surface area contributed by atoms with Crippen LogP contribution >= 0.6 is 0 Å². The molecule has 0 spiro atoms. The fraction of sp³-hybridized carbons (Fsp3) is 0.300. The van der Waals surface area contributed by atoms with Gasteiger partial charge in [-0.2, -0.15) is 13.2 Å². The lowest BCUT2D eigenvalue weighted by molar-refractivity contribution is -0.153. The lowest BCUT2D eigenvalue weighted by Crippen LogP contribution is -2.19. The Bertz CT molecular complexity index is 390. The normalized spacial score (nSPS) is 11.1. The van der Waals surface area contributed by atoms with Crippen molar-refractivity contribution in [2.45, 2.75) is 6.18 Å².